The molecular formula is C17H23N3O2. The molecule has 5 nitrogen and oxygen atoms in total. The Morgan fingerprint density at radius 2 is 2.09 bits per heavy atom. The van der Waals surface area contributed by atoms with Gasteiger partial charge < -0.3 is 15.1 Å². The number of likely N-dealkylation sites (tertiary alicyclic amines) is 1. The molecule has 1 aromatic carbocycles. The van der Waals surface area contributed by atoms with Crippen molar-refractivity contribution in [2.24, 2.45) is 0 Å². The van der Waals surface area contributed by atoms with Crippen molar-refractivity contribution in [3.05, 3.63) is 29.3 Å². The highest BCUT2D eigenvalue weighted by molar-refractivity contribution is 5.98. The number of rotatable bonds is 2. The number of nitrogens with one attached hydrogen (secondary N) is 1. The summed E-state index contributed by atoms with van der Waals surface area (Å²) in [7, 11) is 1.95. The molecule has 1 fully saturated rings. The van der Waals surface area contributed by atoms with E-state index in [1.807, 2.05) is 30.1 Å². The monoisotopic (exact) mass is 301 g/mol. The van der Waals surface area contributed by atoms with Crippen molar-refractivity contribution < 1.29 is 9.59 Å². The van der Waals surface area contributed by atoms with Crippen molar-refractivity contribution in [2.45, 2.75) is 32.2 Å². The molecule has 0 bridgehead atoms. The molecular weight excluding hydrogens is 278 g/mol. The van der Waals surface area contributed by atoms with Crippen molar-refractivity contribution in [2.75, 3.05) is 31.6 Å². The van der Waals surface area contributed by atoms with Crippen LogP contribution in [0.4, 0.5) is 5.69 Å². The molecule has 0 aliphatic carbocycles. The third-order valence-corrected chi connectivity index (χ3v) is 4.72. The third kappa shape index (κ3) is 2.73. The molecule has 1 atom stereocenters. The number of carbonyl (C=O) groups excluding carboxylic acids is 2. The van der Waals surface area contributed by atoms with Crippen LogP contribution in [-0.4, -0.2) is 49.4 Å². The zero-order valence-corrected chi connectivity index (χ0v) is 13.3. The summed E-state index contributed by atoms with van der Waals surface area (Å²) in [4.78, 5) is 28.0. The average Bonchev–Trinajstić information content (AvgIpc) is 2.97. The Bertz CT molecular complexity index is 600. The molecule has 5 heteroatoms. The zero-order chi connectivity index (χ0) is 15.7. The largest absolute Gasteiger partial charge is 0.337 e. The van der Waals surface area contributed by atoms with Crippen molar-refractivity contribution in [1.29, 1.82) is 0 Å². The van der Waals surface area contributed by atoms with Gasteiger partial charge in [-0.1, -0.05) is 0 Å². The van der Waals surface area contributed by atoms with E-state index in [1.54, 1.807) is 11.8 Å². The number of anilines is 1. The number of hydrogen-bond donors (Lipinski definition) is 1. The molecule has 2 aliphatic heterocycles. The second-order valence-electron chi connectivity index (χ2n) is 6.14. The minimum atomic E-state index is 0.0609. The van der Waals surface area contributed by atoms with Crippen LogP contribution in [0.1, 0.15) is 35.7 Å². The number of nitrogens with zero attached hydrogens (tertiary/aromatic N) is 2. The molecule has 2 amide bonds. The van der Waals surface area contributed by atoms with E-state index in [2.05, 4.69) is 5.32 Å². The summed E-state index contributed by atoms with van der Waals surface area (Å²) in [6, 6.07) is 6.12. The fourth-order valence-electron chi connectivity index (χ4n) is 3.44. The first-order valence-electron chi connectivity index (χ1n) is 7.97. The molecule has 22 heavy (non-hydrogen) atoms. The zero-order valence-electron chi connectivity index (χ0n) is 13.3. The number of hydrogen-bond acceptors (Lipinski definition) is 3. The smallest absolute Gasteiger partial charge is 0.253 e. The minimum absolute atomic E-state index is 0.0609. The maximum atomic E-state index is 12.7. The van der Waals surface area contributed by atoms with Crippen LogP contribution in [0.2, 0.25) is 0 Å². The fraction of sp³-hybridized carbons (Fsp3) is 0.529. The predicted octanol–water partition coefficient (Wildman–Crippen LogP) is 1.42. The van der Waals surface area contributed by atoms with E-state index in [4.69, 9.17) is 0 Å². The Kier molecular flexibility index (Phi) is 4.16. The summed E-state index contributed by atoms with van der Waals surface area (Å²) in [5.74, 6) is 0.162. The lowest BCUT2D eigenvalue weighted by Gasteiger charge is -2.32. The van der Waals surface area contributed by atoms with Gasteiger partial charge >= 0.3 is 0 Å². The van der Waals surface area contributed by atoms with Crippen LogP contribution in [-0.2, 0) is 11.2 Å². The van der Waals surface area contributed by atoms with Crippen LogP contribution in [0.25, 0.3) is 0 Å². The maximum absolute atomic E-state index is 12.7. The standard InChI is InChI=1S/C17H23N3O2/c1-12(21)20-9-7-13-10-14(5-6-16(13)20)17(22)19-8-3-4-15(11-19)18-2/h5-6,10,15,18H,3-4,7-9,11H2,1-2H3. The molecule has 1 aromatic rings. The summed E-state index contributed by atoms with van der Waals surface area (Å²) in [6.07, 6.45) is 2.99. The van der Waals surface area contributed by atoms with Crippen LogP contribution in [0.15, 0.2) is 18.2 Å². The maximum Gasteiger partial charge on any atom is 0.253 e. The van der Waals surface area contributed by atoms with Crippen molar-refractivity contribution in [3.63, 3.8) is 0 Å². The topological polar surface area (TPSA) is 52.7 Å². The van der Waals surface area contributed by atoms with Crippen LogP contribution in [0.3, 0.4) is 0 Å². The summed E-state index contributed by atoms with van der Waals surface area (Å²) in [5.41, 5.74) is 2.79. The van der Waals surface area contributed by atoms with Gasteiger partial charge in [-0.25, -0.2) is 0 Å². The molecule has 0 spiro atoms. The van der Waals surface area contributed by atoms with Gasteiger partial charge in [-0.2, -0.15) is 0 Å². The highest BCUT2D eigenvalue weighted by atomic mass is 16.2. The van der Waals surface area contributed by atoms with Crippen molar-refractivity contribution in [3.8, 4) is 0 Å². The second-order valence-corrected chi connectivity index (χ2v) is 6.14. The number of likely N-dealkylation sites (N-methyl/N-ethyl adjacent to an activating group) is 1. The first-order valence-corrected chi connectivity index (χ1v) is 7.97. The quantitative estimate of drug-likeness (QED) is 0.899. The SMILES string of the molecule is CNC1CCCN(C(=O)c2ccc3c(c2)CCN3C(C)=O)C1. The highest BCUT2D eigenvalue weighted by Crippen LogP contribution is 2.29. The van der Waals surface area contributed by atoms with Gasteiger partial charge in [0.25, 0.3) is 5.91 Å². The third-order valence-electron chi connectivity index (χ3n) is 4.72. The number of fused-ring (bicyclic) bond motifs is 1. The first kappa shape index (κ1) is 15.0. The second kappa shape index (κ2) is 6.08. The molecule has 0 radical (unpaired) electrons. The Hall–Kier alpha value is -1.88. The normalized spacial score (nSPS) is 20.9. The molecule has 1 saturated heterocycles. The minimum Gasteiger partial charge on any atom is -0.337 e. The molecule has 0 saturated carbocycles. The average molecular weight is 301 g/mol. The van der Waals surface area contributed by atoms with Crippen molar-refractivity contribution in [1.82, 2.24) is 10.2 Å². The molecule has 118 valence electrons. The van der Waals surface area contributed by atoms with Gasteiger partial charge in [0.15, 0.2) is 0 Å². The predicted molar refractivity (Wildman–Crippen MR) is 86.2 cm³/mol. The van der Waals surface area contributed by atoms with E-state index in [0.29, 0.717) is 12.6 Å². The summed E-state index contributed by atoms with van der Waals surface area (Å²) in [5, 5.41) is 3.26. The lowest BCUT2D eigenvalue weighted by Crippen LogP contribution is -2.46. The summed E-state index contributed by atoms with van der Waals surface area (Å²) in [6.45, 7) is 3.90. The summed E-state index contributed by atoms with van der Waals surface area (Å²) < 4.78 is 0. The van der Waals surface area contributed by atoms with E-state index in [0.717, 1.165) is 49.2 Å². The van der Waals surface area contributed by atoms with E-state index < -0.39 is 0 Å². The number of amides is 2. The Morgan fingerprint density at radius 3 is 2.82 bits per heavy atom. The van der Waals surface area contributed by atoms with Crippen LogP contribution >= 0.6 is 0 Å². The number of benzene rings is 1. The molecule has 2 aliphatic rings. The lowest BCUT2D eigenvalue weighted by atomic mass is 10.0. The highest BCUT2D eigenvalue weighted by Gasteiger charge is 2.26. The first-order chi connectivity index (χ1) is 10.6. The molecule has 1 unspecified atom stereocenters. The van der Waals surface area contributed by atoms with Crippen LogP contribution in [0, 0.1) is 0 Å². The van der Waals surface area contributed by atoms with Gasteiger partial charge in [0, 0.05) is 43.9 Å². The van der Waals surface area contributed by atoms with E-state index in [9.17, 15) is 9.59 Å². The number of piperidine rings is 1. The van der Waals surface area contributed by atoms with Gasteiger partial charge in [-0.3, -0.25) is 9.59 Å². The lowest BCUT2D eigenvalue weighted by molar-refractivity contribution is -0.116. The van der Waals surface area contributed by atoms with Crippen LogP contribution < -0.4 is 10.2 Å². The van der Waals surface area contributed by atoms with Gasteiger partial charge in [0.05, 0.1) is 0 Å². The van der Waals surface area contributed by atoms with E-state index in [-0.39, 0.29) is 11.8 Å². The van der Waals surface area contributed by atoms with E-state index >= 15 is 0 Å². The number of carbonyl (C=O) groups is 2. The van der Waals surface area contributed by atoms with Gasteiger partial charge in [-0.15, -0.1) is 0 Å². The van der Waals surface area contributed by atoms with E-state index in [1.165, 1.54) is 0 Å². The van der Waals surface area contributed by atoms with Gasteiger partial charge in [0.2, 0.25) is 5.91 Å². The van der Waals surface area contributed by atoms with Gasteiger partial charge in [-0.05, 0) is 50.1 Å². The van der Waals surface area contributed by atoms with Crippen LogP contribution in [0.5, 0.6) is 0 Å². The fourth-order valence-corrected chi connectivity index (χ4v) is 3.44. The van der Waals surface area contributed by atoms with Gasteiger partial charge in [0.1, 0.15) is 0 Å². The molecule has 1 N–H and O–H groups in total. The molecule has 0 aromatic heterocycles. The molecule has 3 rings (SSSR count). The van der Waals surface area contributed by atoms with Crippen molar-refractivity contribution >= 4 is 17.5 Å². The Labute approximate surface area is 131 Å². The molecule has 2 heterocycles. The Balaban J connectivity index is 1.78. The Morgan fingerprint density at radius 1 is 1.27 bits per heavy atom. The summed E-state index contributed by atoms with van der Waals surface area (Å²) >= 11 is 0.